The second-order valence-electron chi connectivity index (χ2n) is 5.55. The smallest absolute Gasteiger partial charge is 0.289 e. The van der Waals surface area contributed by atoms with Crippen LogP contribution in [0.1, 0.15) is 35.4 Å². The number of rotatable bonds is 2. The van der Waals surface area contributed by atoms with Crippen molar-refractivity contribution in [3.8, 4) is 0 Å². The number of nitrogens with zero attached hydrogens (tertiary/aromatic N) is 4. The highest BCUT2D eigenvalue weighted by Crippen LogP contribution is 2.36. The summed E-state index contributed by atoms with van der Waals surface area (Å²) in [5.41, 5.74) is 0.104. The number of amides is 1. The van der Waals surface area contributed by atoms with E-state index in [1.807, 2.05) is 23.5 Å². The first-order chi connectivity index (χ1) is 9.60. The van der Waals surface area contributed by atoms with Gasteiger partial charge in [-0.25, -0.2) is 9.97 Å². The maximum absolute atomic E-state index is 12.4. The number of piperidine rings is 1. The van der Waals surface area contributed by atoms with Gasteiger partial charge in [0.2, 0.25) is 0 Å². The van der Waals surface area contributed by atoms with Gasteiger partial charge < -0.3 is 9.47 Å². The van der Waals surface area contributed by atoms with Crippen molar-refractivity contribution in [1.82, 2.24) is 19.4 Å². The van der Waals surface area contributed by atoms with E-state index in [4.69, 9.17) is 0 Å². The Morgan fingerprint density at radius 3 is 2.60 bits per heavy atom. The van der Waals surface area contributed by atoms with Crippen molar-refractivity contribution >= 4 is 17.2 Å². The molecular weight excluding hydrogens is 272 g/mol. The normalized spacial score (nSPS) is 18.2. The van der Waals surface area contributed by atoms with Crippen molar-refractivity contribution in [2.75, 3.05) is 13.1 Å². The van der Waals surface area contributed by atoms with Crippen LogP contribution in [0.25, 0.3) is 0 Å². The van der Waals surface area contributed by atoms with Crippen molar-refractivity contribution < 1.29 is 4.79 Å². The van der Waals surface area contributed by atoms with E-state index in [2.05, 4.69) is 16.9 Å². The van der Waals surface area contributed by atoms with Gasteiger partial charge in [0, 0.05) is 49.5 Å². The van der Waals surface area contributed by atoms with Crippen LogP contribution in [0.5, 0.6) is 0 Å². The fourth-order valence-corrected chi connectivity index (χ4v) is 3.51. The van der Waals surface area contributed by atoms with Crippen LogP contribution in [0, 0.1) is 0 Å². The molecule has 0 N–H and O–H groups in total. The SMILES string of the molecule is Cn1ccnc1C(=O)N1CCC(C)(c2nccs2)CC1. The first-order valence-electron chi connectivity index (χ1n) is 6.77. The van der Waals surface area contributed by atoms with E-state index in [0.717, 1.165) is 25.9 Å². The maximum atomic E-state index is 12.4. The molecule has 3 heterocycles. The van der Waals surface area contributed by atoms with Crippen molar-refractivity contribution in [3.63, 3.8) is 0 Å². The number of aromatic nitrogens is 3. The predicted molar refractivity (Wildman–Crippen MR) is 77.8 cm³/mol. The van der Waals surface area contributed by atoms with E-state index in [1.165, 1.54) is 5.01 Å². The lowest BCUT2D eigenvalue weighted by atomic mass is 9.81. The molecule has 20 heavy (non-hydrogen) atoms. The Bertz CT molecular complexity index is 596. The Kier molecular flexibility index (Phi) is 3.33. The highest BCUT2D eigenvalue weighted by molar-refractivity contribution is 7.09. The zero-order valence-electron chi connectivity index (χ0n) is 11.7. The summed E-state index contributed by atoms with van der Waals surface area (Å²) >= 11 is 1.71. The van der Waals surface area contributed by atoms with E-state index in [-0.39, 0.29) is 11.3 Å². The molecule has 106 valence electrons. The molecule has 1 saturated heterocycles. The molecule has 0 saturated carbocycles. The van der Waals surface area contributed by atoms with Gasteiger partial charge in [0.05, 0.1) is 5.01 Å². The number of imidazole rings is 1. The standard InChI is InChI=1S/C14H18N4OS/c1-14(13-16-6-10-20-13)3-7-18(8-4-14)12(19)11-15-5-9-17(11)2/h5-6,9-10H,3-4,7-8H2,1-2H3. The van der Waals surface area contributed by atoms with Crippen LogP contribution in [-0.2, 0) is 12.5 Å². The molecule has 0 spiro atoms. The average molecular weight is 290 g/mol. The molecule has 0 atom stereocenters. The van der Waals surface area contributed by atoms with E-state index < -0.39 is 0 Å². The summed E-state index contributed by atoms with van der Waals surface area (Å²) in [6.07, 6.45) is 7.23. The highest BCUT2D eigenvalue weighted by Gasteiger charge is 2.36. The van der Waals surface area contributed by atoms with Crippen LogP contribution in [-0.4, -0.2) is 38.4 Å². The van der Waals surface area contributed by atoms with Crippen LogP contribution < -0.4 is 0 Å². The van der Waals surface area contributed by atoms with E-state index in [0.29, 0.717) is 5.82 Å². The van der Waals surface area contributed by atoms with Crippen LogP contribution in [0.15, 0.2) is 24.0 Å². The van der Waals surface area contributed by atoms with Crippen LogP contribution in [0.4, 0.5) is 0 Å². The third-order valence-corrected chi connectivity index (χ3v) is 5.19. The molecule has 3 rings (SSSR count). The first kappa shape index (κ1) is 13.3. The van der Waals surface area contributed by atoms with E-state index in [1.54, 1.807) is 28.3 Å². The second kappa shape index (κ2) is 5.01. The number of likely N-dealkylation sites (tertiary alicyclic amines) is 1. The molecule has 1 fully saturated rings. The fraction of sp³-hybridized carbons (Fsp3) is 0.500. The molecule has 1 aliphatic heterocycles. The Morgan fingerprint density at radius 2 is 2.05 bits per heavy atom. The highest BCUT2D eigenvalue weighted by atomic mass is 32.1. The van der Waals surface area contributed by atoms with Crippen molar-refractivity contribution in [1.29, 1.82) is 0 Å². The summed E-state index contributed by atoms with van der Waals surface area (Å²) in [4.78, 5) is 22.9. The summed E-state index contributed by atoms with van der Waals surface area (Å²) in [6.45, 7) is 3.78. The molecular formula is C14H18N4OS. The second-order valence-corrected chi connectivity index (χ2v) is 6.45. The minimum absolute atomic E-state index is 0.0266. The topological polar surface area (TPSA) is 51.0 Å². The number of carbonyl (C=O) groups excluding carboxylic acids is 1. The number of carbonyl (C=O) groups is 1. The van der Waals surface area contributed by atoms with Crippen LogP contribution in [0.3, 0.4) is 0 Å². The monoisotopic (exact) mass is 290 g/mol. The Labute approximate surface area is 122 Å². The number of aryl methyl sites for hydroxylation is 1. The summed E-state index contributed by atoms with van der Waals surface area (Å²) in [6, 6.07) is 0. The van der Waals surface area contributed by atoms with Gasteiger partial charge in [-0.3, -0.25) is 4.79 Å². The summed E-state index contributed by atoms with van der Waals surface area (Å²) in [7, 11) is 1.85. The molecule has 0 bridgehead atoms. The molecule has 6 heteroatoms. The molecule has 1 amide bonds. The van der Waals surface area contributed by atoms with Crippen LogP contribution >= 0.6 is 11.3 Å². The molecule has 0 aromatic carbocycles. The van der Waals surface area contributed by atoms with Gasteiger partial charge in [0.15, 0.2) is 5.82 Å². The van der Waals surface area contributed by atoms with Gasteiger partial charge in [-0.15, -0.1) is 11.3 Å². The zero-order valence-corrected chi connectivity index (χ0v) is 12.6. The lowest BCUT2D eigenvalue weighted by Crippen LogP contribution is -2.44. The van der Waals surface area contributed by atoms with Gasteiger partial charge >= 0.3 is 0 Å². The van der Waals surface area contributed by atoms with Crippen molar-refractivity contribution in [2.24, 2.45) is 7.05 Å². The zero-order chi connectivity index (χ0) is 14.2. The molecule has 2 aromatic heterocycles. The van der Waals surface area contributed by atoms with Gasteiger partial charge in [-0.05, 0) is 12.8 Å². The quantitative estimate of drug-likeness (QED) is 0.851. The average Bonchev–Trinajstić information content (AvgIpc) is 3.10. The fourth-order valence-electron chi connectivity index (χ4n) is 2.65. The third kappa shape index (κ3) is 2.24. The Balaban J connectivity index is 1.70. The first-order valence-corrected chi connectivity index (χ1v) is 7.65. The minimum atomic E-state index is 0.0266. The third-order valence-electron chi connectivity index (χ3n) is 4.12. The number of thiazole rings is 1. The number of hydrogen-bond donors (Lipinski definition) is 0. The van der Waals surface area contributed by atoms with Crippen molar-refractivity contribution in [3.05, 3.63) is 34.8 Å². The van der Waals surface area contributed by atoms with E-state index >= 15 is 0 Å². The molecule has 1 aliphatic rings. The Hall–Kier alpha value is -1.69. The van der Waals surface area contributed by atoms with Gasteiger partial charge in [-0.2, -0.15) is 0 Å². The molecule has 0 aliphatic carbocycles. The van der Waals surface area contributed by atoms with E-state index in [9.17, 15) is 4.79 Å². The summed E-state index contributed by atoms with van der Waals surface area (Å²) < 4.78 is 1.77. The van der Waals surface area contributed by atoms with Crippen molar-refractivity contribution in [2.45, 2.75) is 25.2 Å². The largest absolute Gasteiger partial charge is 0.336 e. The summed E-state index contributed by atoms with van der Waals surface area (Å²) in [5, 5.41) is 3.20. The Morgan fingerprint density at radius 1 is 1.30 bits per heavy atom. The molecule has 0 unspecified atom stereocenters. The molecule has 0 radical (unpaired) electrons. The predicted octanol–water partition coefficient (Wildman–Crippen LogP) is 2.07. The van der Waals surface area contributed by atoms with Gasteiger partial charge in [0.25, 0.3) is 5.91 Å². The lowest BCUT2D eigenvalue weighted by molar-refractivity contribution is 0.0660. The summed E-state index contributed by atoms with van der Waals surface area (Å²) in [5.74, 6) is 0.543. The number of hydrogen-bond acceptors (Lipinski definition) is 4. The van der Waals surface area contributed by atoms with Gasteiger partial charge in [-0.1, -0.05) is 6.92 Å². The van der Waals surface area contributed by atoms with Gasteiger partial charge in [0.1, 0.15) is 0 Å². The lowest BCUT2D eigenvalue weighted by Gasteiger charge is -2.37. The maximum Gasteiger partial charge on any atom is 0.289 e. The molecule has 5 nitrogen and oxygen atoms in total. The molecule has 2 aromatic rings. The van der Waals surface area contributed by atoms with Crippen LogP contribution in [0.2, 0.25) is 0 Å². The minimum Gasteiger partial charge on any atom is -0.336 e.